The molecule has 0 fully saturated rings. The van der Waals surface area contributed by atoms with Crippen LogP contribution in [-0.4, -0.2) is 16.8 Å². The molecule has 5 heteroatoms. The van der Waals surface area contributed by atoms with Gasteiger partial charge in [0, 0.05) is 18.7 Å². The van der Waals surface area contributed by atoms with Crippen LogP contribution >= 0.6 is 0 Å². The summed E-state index contributed by atoms with van der Waals surface area (Å²) in [6.07, 6.45) is 3.46. The molecule has 2 aromatic rings. The van der Waals surface area contributed by atoms with Gasteiger partial charge in [-0.3, -0.25) is 4.68 Å². The zero-order chi connectivity index (χ0) is 13.0. The summed E-state index contributed by atoms with van der Waals surface area (Å²) in [6, 6.07) is 4.49. The highest BCUT2D eigenvalue weighted by atomic mass is 19.1. The smallest absolute Gasteiger partial charge is 0.165 e. The van der Waals surface area contributed by atoms with Gasteiger partial charge in [-0.15, -0.1) is 0 Å². The van der Waals surface area contributed by atoms with Crippen LogP contribution < -0.4 is 10.1 Å². The van der Waals surface area contributed by atoms with Crippen molar-refractivity contribution in [2.45, 2.75) is 20.0 Å². The lowest BCUT2D eigenvalue weighted by atomic mass is 10.2. The van der Waals surface area contributed by atoms with Crippen LogP contribution in [0.25, 0.3) is 0 Å². The molecule has 96 valence electrons. The lowest BCUT2D eigenvalue weighted by molar-refractivity contribution is 0.470. The molecule has 18 heavy (non-hydrogen) atoms. The summed E-state index contributed by atoms with van der Waals surface area (Å²) in [5.74, 6) is 1.03. The van der Waals surface area contributed by atoms with E-state index in [1.807, 2.05) is 20.2 Å². The van der Waals surface area contributed by atoms with E-state index in [1.165, 1.54) is 12.1 Å². The fraction of sp³-hybridized carbons (Fsp3) is 0.308. The van der Waals surface area contributed by atoms with E-state index in [-0.39, 0.29) is 5.82 Å². The molecule has 0 bridgehead atoms. The van der Waals surface area contributed by atoms with Gasteiger partial charge < -0.3 is 10.1 Å². The highest BCUT2D eigenvalue weighted by Crippen LogP contribution is 2.25. The Morgan fingerprint density at radius 2 is 2.28 bits per heavy atom. The van der Waals surface area contributed by atoms with Crippen molar-refractivity contribution < 1.29 is 9.13 Å². The van der Waals surface area contributed by atoms with Crippen LogP contribution in [0, 0.1) is 5.82 Å². The van der Waals surface area contributed by atoms with Crippen molar-refractivity contribution in [1.29, 1.82) is 0 Å². The Morgan fingerprint density at radius 1 is 1.44 bits per heavy atom. The number of hydrogen-bond donors (Lipinski definition) is 1. The van der Waals surface area contributed by atoms with E-state index >= 15 is 0 Å². The quantitative estimate of drug-likeness (QED) is 0.885. The predicted octanol–water partition coefficient (Wildman–Crippen LogP) is 2.55. The second kappa shape index (κ2) is 5.64. The molecule has 0 spiro atoms. The Kier molecular flexibility index (Phi) is 3.94. The van der Waals surface area contributed by atoms with E-state index in [0.717, 1.165) is 12.1 Å². The SMILES string of the molecule is CCn1cc(Oc2ccc(F)cc2CNC)cn1. The van der Waals surface area contributed by atoms with Gasteiger partial charge in [0.05, 0.1) is 12.4 Å². The van der Waals surface area contributed by atoms with Crippen molar-refractivity contribution in [2.75, 3.05) is 7.05 Å². The van der Waals surface area contributed by atoms with Crippen LogP contribution in [0.15, 0.2) is 30.6 Å². The van der Waals surface area contributed by atoms with Crippen molar-refractivity contribution in [3.8, 4) is 11.5 Å². The Balaban J connectivity index is 2.22. The molecule has 0 unspecified atom stereocenters. The minimum atomic E-state index is -0.267. The number of rotatable bonds is 5. The second-order valence-corrected chi connectivity index (χ2v) is 3.92. The van der Waals surface area contributed by atoms with Crippen molar-refractivity contribution in [3.05, 3.63) is 42.0 Å². The minimum absolute atomic E-state index is 0.267. The molecular formula is C13H16FN3O. The van der Waals surface area contributed by atoms with Gasteiger partial charge in [-0.1, -0.05) is 0 Å². The molecule has 1 heterocycles. The van der Waals surface area contributed by atoms with Gasteiger partial charge in [0.2, 0.25) is 0 Å². The summed E-state index contributed by atoms with van der Waals surface area (Å²) < 4.78 is 20.7. The van der Waals surface area contributed by atoms with Crippen molar-refractivity contribution in [3.63, 3.8) is 0 Å². The van der Waals surface area contributed by atoms with E-state index in [9.17, 15) is 4.39 Å². The molecular weight excluding hydrogens is 233 g/mol. The molecule has 0 amide bonds. The normalized spacial score (nSPS) is 10.6. The lowest BCUT2D eigenvalue weighted by Crippen LogP contribution is -2.06. The standard InChI is InChI=1S/C13H16FN3O/c1-3-17-9-12(8-16-17)18-13-5-4-11(14)6-10(13)7-15-2/h4-6,8-9,15H,3,7H2,1-2H3. The van der Waals surface area contributed by atoms with E-state index in [4.69, 9.17) is 4.74 Å². The van der Waals surface area contributed by atoms with E-state index in [2.05, 4.69) is 10.4 Å². The summed E-state index contributed by atoms with van der Waals surface area (Å²) in [7, 11) is 1.81. The average Bonchev–Trinajstić information content (AvgIpc) is 2.81. The summed E-state index contributed by atoms with van der Waals surface area (Å²) in [5.41, 5.74) is 0.779. The number of ether oxygens (including phenoxy) is 1. The topological polar surface area (TPSA) is 39.1 Å². The first-order chi connectivity index (χ1) is 8.72. The van der Waals surface area contributed by atoms with Crippen LogP contribution in [0.3, 0.4) is 0 Å². The monoisotopic (exact) mass is 249 g/mol. The zero-order valence-corrected chi connectivity index (χ0v) is 10.5. The number of aryl methyl sites for hydroxylation is 1. The lowest BCUT2D eigenvalue weighted by Gasteiger charge is -2.09. The van der Waals surface area contributed by atoms with Gasteiger partial charge in [-0.2, -0.15) is 5.10 Å². The van der Waals surface area contributed by atoms with Crippen molar-refractivity contribution >= 4 is 0 Å². The van der Waals surface area contributed by atoms with Crippen molar-refractivity contribution in [1.82, 2.24) is 15.1 Å². The van der Waals surface area contributed by atoms with Crippen LogP contribution in [-0.2, 0) is 13.1 Å². The third-order valence-corrected chi connectivity index (χ3v) is 2.55. The number of nitrogens with one attached hydrogen (secondary N) is 1. The Morgan fingerprint density at radius 3 is 2.94 bits per heavy atom. The fourth-order valence-electron chi connectivity index (χ4n) is 1.67. The highest BCUT2D eigenvalue weighted by molar-refractivity contribution is 5.37. The third-order valence-electron chi connectivity index (χ3n) is 2.55. The molecule has 0 atom stereocenters. The largest absolute Gasteiger partial charge is 0.454 e. The van der Waals surface area contributed by atoms with E-state index in [0.29, 0.717) is 18.0 Å². The molecule has 2 rings (SSSR count). The van der Waals surface area contributed by atoms with Gasteiger partial charge in [0.25, 0.3) is 0 Å². The third kappa shape index (κ3) is 2.87. The molecule has 1 N–H and O–H groups in total. The first-order valence-electron chi connectivity index (χ1n) is 5.86. The van der Waals surface area contributed by atoms with Gasteiger partial charge in [-0.05, 0) is 32.2 Å². The molecule has 0 radical (unpaired) electrons. The summed E-state index contributed by atoms with van der Waals surface area (Å²) in [5, 5.41) is 7.11. The molecule has 0 aliphatic rings. The minimum Gasteiger partial charge on any atom is -0.454 e. The number of hydrogen-bond acceptors (Lipinski definition) is 3. The first kappa shape index (κ1) is 12.6. The summed E-state index contributed by atoms with van der Waals surface area (Å²) >= 11 is 0. The van der Waals surface area contributed by atoms with Crippen LogP contribution in [0.1, 0.15) is 12.5 Å². The maximum atomic E-state index is 13.2. The molecule has 4 nitrogen and oxygen atoms in total. The van der Waals surface area contributed by atoms with Gasteiger partial charge in [-0.25, -0.2) is 4.39 Å². The molecule has 0 saturated carbocycles. The molecule has 1 aromatic carbocycles. The molecule has 1 aromatic heterocycles. The zero-order valence-electron chi connectivity index (χ0n) is 10.5. The average molecular weight is 249 g/mol. The number of benzene rings is 1. The van der Waals surface area contributed by atoms with Crippen LogP contribution in [0.5, 0.6) is 11.5 Å². The Bertz CT molecular complexity index is 525. The second-order valence-electron chi connectivity index (χ2n) is 3.92. The molecule has 0 aliphatic heterocycles. The first-order valence-corrected chi connectivity index (χ1v) is 5.86. The summed E-state index contributed by atoms with van der Waals surface area (Å²) in [4.78, 5) is 0. The number of aromatic nitrogens is 2. The van der Waals surface area contributed by atoms with Crippen molar-refractivity contribution in [2.24, 2.45) is 0 Å². The van der Waals surface area contributed by atoms with E-state index in [1.54, 1.807) is 16.9 Å². The Hall–Kier alpha value is -1.88. The highest BCUT2D eigenvalue weighted by Gasteiger charge is 2.07. The summed E-state index contributed by atoms with van der Waals surface area (Å²) in [6.45, 7) is 3.34. The maximum Gasteiger partial charge on any atom is 0.165 e. The number of nitrogens with zero attached hydrogens (tertiary/aromatic N) is 2. The van der Waals surface area contributed by atoms with Gasteiger partial charge in [0.1, 0.15) is 11.6 Å². The van der Waals surface area contributed by atoms with Crippen LogP contribution in [0.4, 0.5) is 4.39 Å². The molecule has 0 aliphatic carbocycles. The molecule has 0 saturated heterocycles. The van der Waals surface area contributed by atoms with Crippen LogP contribution in [0.2, 0.25) is 0 Å². The number of halogens is 1. The fourth-order valence-corrected chi connectivity index (χ4v) is 1.67. The Labute approximate surface area is 105 Å². The predicted molar refractivity (Wildman–Crippen MR) is 67.1 cm³/mol. The van der Waals surface area contributed by atoms with E-state index < -0.39 is 0 Å². The van der Waals surface area contributed by atoms with Gasteiger partial charge in [0.15, 0.2) is 5.75 Å². The van der Waals surface area contributed by atoms with Gasteiger partial charge >= 0.3 is 0 Å². The maximum absolute atomic E-state index is 13.2.